The van der Waals surface area contributed by atoms with E-state index < -0.39 is 30.4 Å². The first kappa shape index (κ1) is 22.3. The lowest BCUT2D eigenvalue weighted by molar-refractivity contribution is -0.307. The molecule has 0 radical (unpaired) electrons. The molecule has 1 saturated heterocycles. The summed E-state index contributed by atoms with van der Waals surface area (Å²) in [5.41, 5.74) is 1.95. The number of rotatable bonds is 5. The van der Waals surface area contributed by atoms with E-state index in [1.807, 2.05) is 19.9 Å². The van der Waals surface area contributed by atoms with Crippen molar-refractivity contribution in [1.82, 2.24) is 5.32 Å². The first-order valence-corrected chi connectivity index (χ1v) is 9.64. The van der Waals surface area contributed by atoms with Gasteiger partial charge in [0, 0.05) is 0 Å². The molecule has 0 aliphatic carbocycles. The molecule has 160 valence electrons. The molecule has 1 fully saturated rings. The zero-order chi connectivity index (χ0) is 22.9. The molecule has 4 amide bonds. The third-order valence-electron chi connectivity index (χ3n) is 4.23. The number of benzene rings is 2. The maximum atomic E-state index is 13.0. The zero-order valence-electron chi connectivity index (χ0n) is 16.3. The Morgan fingerprint density at radius 3 is 2.19 bits per heavy atom. The highest BCUT2D eigenvalue weighted by Gasteiger charge is 2.37. The molecule has 1 aliphatic rings. The molecule has 0 atom stereocenters. The van der Waals surface area contributed by atoms with Crippen LogP contribution in [0.3, 0.4) is 0 Å². The largest absolute Gasteiger partial charge is 0.546 e. The number of aliphatic carboxylic acids is 1. The molecule has 8 nitrogen and oxygen atoms in total. The fourth-order valence-electron chi connectivity index (χ4n) is 3.07. The van der Waals surface area contributed by atoms with Gasteiger partial charge in [-0.3, -0.25) is 14.9 Å². The molecule has 0 unspecified atom stereocenters. The first-order chi connectivity index (χ1) is 14.6. The number of carboxylic acid groups (broad SMARTS) is 1. The van der Waals surface area contributed by atoms with Crippen molar-refractivity contribution < 1.29 is 29.0 Å². The van der Waals surface area contributed by atoms with Gasteiger partial charge in [0.25, 0.3) is 11.8 Å². The lowest BCUT2D eigenvalue weighted by Crippen LogP contribution is -2.54. The molecule has 2 aromatic rings. The summed E-state index contributed by atoms with van der Waals surface area (Å²) in [6, 6.07) is 6.99. The van der Waals surface area contributed by atoms with Gasteiger partial charge >= 0.3 is 6.03 Å². The number of carbonyl (C=O) groups is 4. The smallest absolute Gasteiger partial charge is 0.335 e. The minimum absolute atomic E-state index is 0.0356. The van der Waals surface area contributed by atoms with E-state index in [0.29, 0.717) is 5.69 Å². The Morgan fingerprint density at radius 1 is 1.06 bits per heavy atom. The fraction of sp³-hybridized carbons (Fsp3) is 0.143. The van der Waals surface area contributed by atoms with E-state index in [2.05, 4.69) is 5.32 Å². The monoisotopic (exact) mass is 461 g/mol. The number of carboxylic acids is 1. The van der Waals surface area contributed by atoms with E-state index in [9.17, 15) is 24.3 Å². The lowest BCUT2D eigenvalue weighted by atomic mass is 10.1. The van der Waals surface area contributed by atoms with Crippen molar-refractivity contribution in [1.29, 1.82) is 0 Å². The summed E-state index contributed by atoms with van der Waals surface area (Å²) >= 11 is 12.2. The highest BCUT2D eigenvalue weighted by molar-refractivity contribution is 6.40. The van der Waals surface area contributed by atoms with Gasteiger partial charge in [-0.05, 0) is 60.9 Å². The second kappa shape index (κ2) is 8.79. The summed E-state index contributed by atoms with van der Waals surface area (Å²) in [7, 11) is 0. The van der Waals surface area contributed by atoms with Crippen molar-refractivity contribution >= 4 is 58.8 Å². The molecule has 0 aromatic heterocycles. The molecule has 1 N–H and O–H groups in total. The number of nitrogens with zero attached hydrogens (tertiary/aromatic N) is 1. The standard InChI is InChI=1S/C21H16Cl2N2O6/c1-10-3-11(2)5-13(4-10)25-20(29)14(19(28)24-21(25)30)6-12-7-15(22)18(16(23)8-12)31-9-17(26)27/h3-8H,9H2,1-2H3,(H,26,27)(H,24,28,30)/p-1/b14-6-. The molecule has 10 heteroatoms. The van der Waals surface area contributed by atoms with Crippen molar-refractivity contribution in [2.75, 3.05) is 11.5 Å². The molecule has 0 bridgehead atoms. The van der Waals surface area contributed by atoms with E-state index in [1.54, 1.807) is 12.1 Å². The third-order valence-corrected chi connectivity index (χ3v) is 4.79. The normalized spacial score (nSPS) is 15.3. The second-order valence-electron chi connectivity index (χ2n) is 6.78. The molecule has 3 rings (SSSR count). The quantitative estimate of drug-likeness (QED) is 0.539. The third kappa shape index (κ3) is 4.87. The number of halogens is 2. The summed E-state index contributed by atoms with van der Waals surface area (Å²) < 4.78 is 4.98. The van der Waals surface area contributed by atoms with Crippen LogP contribution in [0, 0.1) is 13.8 Å². The first-order valence-electron chi connectivity index (χ1n) is 8.88. The zero-order valence-corrected chi connectivity index (χ0v) is 17.8. The summed E-state index contributed by atoms with van der Waals surface area (Å²) in [6.45, 7) is 2.88. The lowest BCUT2D eigenvalue weighted by Gasteiger charge is -2.27. The van der Waals surface area contributed by atoms with Crippen molar-refractivity contribution in [3.8, 4) is 5.75 Å². The van der Waals surface area contributed by atoms with Crippen molar-refractivity contribution in [3.63, 3.8) is 0 Å². The predicted octanol–water partition coefficient (Wildman–Crippen LogP) is 2.41. The number of anilines is 1. The minimum atomic E-state index is -1.46. The van der Waals surface area contributed by atoms with Crippen LogP contribution in [0.1, 0.15) is 16.7 Å². The highest BCUT2D eigenvalue weighted by Crippen LogP contribution is 2.35. The summed E-state index contributed by atoms with van der Waals surface area (Å²) in [5.74, 6) is -3.23. The van der Waals surface area contributed by atoms with Gasteiger partial charge in [-0.25, -0.2) is 9.69 Å². The average molecular weight is 462 g/mol. The molecular formula is C21H15Cl2N2O6-. The summed E-state index contributed by atoms with van der Waals surface area (Å²) in [5, 5.41) is 12.6. The van der Waals surface area contributed by atoms with Crippen LogP contribution in [-0.4, -0.2) is 30.4 Å². The number of nitrogens with one attached hydrogen (secondary N) is 1. The van der Waals surface area contributed by atoms with E-state index in [1.165, 1.54) is 18.2 Å². The number of imide groups is 2. The highest BCUT2D eigenvalue weighted by atomic mass is 35.5. The van der Waals surface area contributed by atoms with Crippen LogP contribution >= 0.6 is 23.2 Å². The van der Waals surface area contributed by atoms with Gasteiger partial charge in [-0.1, -0.05) is 29.3 Å². The van der Waals surface area contributed by atoms with Crippen LogP contribution in [0.15, 0.2) is 35.9 Å². The number of urea groups is 1. The van der Waals surface area contributed by atoms with Gasteiger partial charge in [0.05, 0.1) is 21.7 Å². The van der Waals surface area contributed by atoms with Crippen molar-refractivity contribution in [2.24, 2.45) is 0 Å². The van der Waals surface area contributed by atoms with Crippen LogP contribution in [0.2, 0.25) is 10.0 Å². The predicted molar refractivity (Wildman–Crippen MR) is 112 cm³/mol. The van der Waals surface area contributed by atoms with Crippen LogP contribution in [0.5, 0.6) is 5.75 Å². The van der Waals surface area contributed by atoms with Gasteiger partial charge in [0.15, 0.2) is 5.75 Å². The van der Waals surface area contributed by atoms with Gasteiger partial charge in [-0.2, -0.15) is 0 Å². The number of carbonyl (C=O) groups excluding carboxylic acids is 4. The SMILES string of the molecule is Cc1cc(C)cc(N2C(=O)NC(=O)/C(=C/c3cc(Cl)c(OCC(=O)[O-])c(Cl)c3)C2=O)c1. The molecule has 31 heavy (non-hydrogen) atoms. The molecule has 2 aromatic carbocycles. The minimum Gasteiger partial charge on any atom is -0.546 e. The number of hydrogen-bond donors (Lipinski definition) is 1. The number of barbiturate groups is 1. The fourth-order valence-corrected chi connectivity index (χ4v) is 3.68. The summed E-state index contributed by atoms with van der Waals surface area (Å²) in [4.78, 5) is 49.1. The Morgan fingerprint density at radius 2 is 1.65 bits per heavy atom. The van der Waals surface area contributed by atoms with E-state index in [4.69, 9.17) is 27.9 Å². The average Bonchev–Trinajstić information content (AvgIpc) is 2.63. The van der Waals surface area contributed by atoms with E-state index in [-0.39, 0.29) is 26.9 Å². The van der Waals surface area contributed by atoms with Crippen LogP contribution < -0.4 is 20.1 Å². The van der Waals surface area contributed by atoms with Gasteiger partial charge in [-0.15, -0.1) is 0 Å². The molecule has 1 aliphatic heterocycles. The van der Waals surface area contributed by atoms with Crippen molar-refractivity contribution in [3.05, 3.63) is 62.6 Å². The number of amides is 4. The van der Waals surface area contributed by atoms with Gasteiger partial charge in [0.1, 0.15) is 12.2 Å². The Hall–Kier alpha value is -3.36. The number of aryl methyl sites for hydroxylation is 2. The second-order valence-corrected chi connectivity index (χ2v) is 7.59. The Balaban J connectivity index is 1.99. The van der Waals surface area contributed by atoms with Crippen LogP contribution in [0.4, 0.5) is 10.5 Å². The number of ether oxygens (including phenoxy) is 1. The summed E-state index contributed by atoms with van der Waals surface area (Å²) in [6.07, 6.45) is 1.22. The maximum Gasteiger partial charge on any atom is 0.335 e. The molecule has 0 saturated carbocycles. The molecular weight excluding hydrogens is 447 g/mol. The Labute approximate surface area is 187 Å². The van der Waals surface area contributed by atoms with E-state index >= 15 is 0 Å². The van der Waals surface area contributed by atoms with Crippen LogP contribution in [0.25, 0.3) is 6.08 Å². The Bertz CT molecular complexity index is 1120. The van der Waals surface area contributed by atoms with E-state index in [0.717, 1.165) is 16.0 Å². The topological polar surface area (TPSA) is 116 Å². The molecule has 0 spiro atoms. The Kier molecular flexibility index (Phi) is 6.33. The molecule has 1 heterocycles. The van der Waals surface area contributed by atoms with Crippen molar-refractivity contribution in [2.45, 2.75) is 13.8 Å². The maximum absolute atomic E-state index is 13.0. The number of hydrogen-bond acceptors (Lipinski definition) is 6. The van der Waals surface area contributed by atoms with Gasteiger partial charge < -0.3 is 14.6 Å². The van der Waals surface area contributed by atoms with Gasteiger partial charge in [0.2, 0.25) is 0 Å². The van der Waals surface area contributed by atoms with Crippen LogP contribution in [-0.2, 0) is 14.4 Å².